The van der Waals surface area contributed by atoms with Crippen molar-refractivity contribution in [2.45, 2.75) is 112 Å². The number of hydrogen-bond acceptors (Lipinski definition) is 1. The van der Waals surface area contributed by atoms with Gasteiger partial charge in [0.2, 0.25) is 0 Å². The van der Waals surface area contributed by atoms with Crippen LogP contribution in [0.5, 0.6) is 0 Å². The predicted molar refractivity (Wildman–Crippen MR) is 116 cm³/mol. The Balaban J connectivity index is 1.83. The number of fused-ring (bicyclic) bond motifs is 3. The van der Waals surface area contributed by atoms with Crippen molar-refractivity contribution in [3.05, 3.63) is 0 Å². The maximum absolute atomic E-state index is 12.2. The number of carbonyl (C=O) groups excluding carboxylic acids is 1. The lowest BCUT2D eigenvalue weighted by Gasteiger charge is -2.56. The maximum Gasteiger partial charge on any atom is 0.132 e. The monoisotopic (exact) mass is 374 g/mol. The van der Waals surface area contributed by atoms with E-state index in [4.69, 9.17) is 0 Å². The molecule has 0 heterocycles. The van der Waals surface area contributed by atoms with Crippen LogP contribution in [-0.4, -0.2) is 5.78 Å². The highest BCUT2D eigenvalue weighted by Gasteiger charge is 2.51. The summed E-state index contributed by atoms with van der Waals surface area (Å²) in [4.78, 5) is 12.2. The van der Waals surface area contributed by atoms with Crippen LogP contribution in [0, 0.1) is 46.8 Å². The van der Waals surface area contributed by atoms with Crippen molar-refractivity contribution >= 4 is 5.78 Å². The van der Waals surface area contributed by atoms with E-state index < -0.39 is 0 Å². The first kappa shape index (κ1) is 21.4. The molecule has 0 N–H and O–H groups in total. The third kappa shape index (κ3) is 4.81. The van der Waals surface area contributed by atoms with E-state index >= 15 is 0 Å². The van der Waals surface area contributed by atoms with Gasteiger partial charge in [-0.05, 0) is 106 Å². The Kier molecular flexibility index (Phi) is 7.12. The summed E-state index contributed by atoms with van der Waals surface area (Å²) in [5.41, 5.74) is 0.585. The molecule has 1 nitrogen and oxygen atoms in total. The largest absolute Gasteiger partial charge is 0.300 e. The third-order valence-electron chi connectivity index (χ3n) is 9.26. The van der Waals surface area contributed by atoms with Gasteiger partial charge in [-0.25, -0.2) is 0 Å². The zero-order valence-corrected chi connectivity index (χ0v) is 18.9. The van der Waals surface area contributed by atoms with Gasteiger partial charge in [-0.2, -0.15) is 0 Å². The highest BCUT2D eigenvalue weighted by Crippen LogP contribution is 2.60. The number of hydrogen-bond donors (Lipinski definition) is 0. The molecular weight excluding hydrogens is 328 g/mol. The van der Waals surface area contributed by atoms with Gasteiger partial charge in [-0.3, -0.25) is 4.79 Å². The summed E-state index contributed by atoms with van der Waals surface area (Å²) in [6.45, 7) is 11.8. The van der Waals surface area contributed by atoms with E-state index in [1.165, 1.54) is 70.6 Å². The van der Waals surface area contributed by atoms with Crippen LogP contribution in [0.4, 0.5) is 0 Å². The molecule has 0 amide bonds. The topological polar surface area (TPSA) is 17.1 Å². The minimum atomic E-state index is 0.349. The lowest BCUT2D eigenvalue weighted by Crippen LogP contribution is -2.48. The second-order valence-corrected chi connectivity index (χ2v) is 11.5. The summed E-state index contributed by atoms with van der Waals surface area (Å²) in [7, 11) is 0. The molecule has 3 saturated carbocycles. The Hall–Kier alpha value is -0.330. The van der Waals surface area contributed by atoms with Crippen LogP contribution in [0.2, 0.25) is 0 Å². The van der Waals surface area contributed by atoms with Gasteiger partial charge in [0.15, 0.2) is 0 Å². The SMILES string of the molecule is CC(=O)C1CCCC2C(CCC3CC(C)CCC32C)C(CCC(C)C)CC1. The van der Waals surface area contributed by atoms with Crippen LogP contribution >= 0.6 is 0 Å². The van der Waals surface area contributed by atoms with Gasteiger partial charge in [-0.1, -0.05) is 47.0 Å². The van der Waals surface area contributed by atoms with Crippen molar-refractivity contribution in [3.63, 3.8) is 0 Å². The molecule has 0 aliphatic heterocycles. The van der Waals surface area contributed by atoms with Crippen LogP contribution in [0.1, 0.15) is 112 Å². The molecule has 3 aliphatic rings. The average Bonchev–Trinajstić information content (AvgIpc) is 2.69. The summed E-state index contributed by atoms with van der Waals surface area (Å²) < 4.78 is 0. The Morgan fingerprint density at radius 2 is 1.81 bits per heavy atom. The molecule has 0 spiro atoms. The van der Waals surface area contributed by atoms with Gasteiger partial charge in [-0.15, -0.1) is 0 Å². The normalized spacial score (nSPS) is 43.2. The molecule has 3 aliphatic carbocycles. The molecule has 3 fully saturated rings. The average molecular weight is 375 g/mol. The third-order valence-corrected chi connectivity index (χ3v) is 9.26. The molecular formula is C26H46O. The molecule has 0 bridgehead atoms. The highest BCUT2D eigenvalue weighted by molar-refractivity contribution is 5.78. The fraction of sp³-hybridized carbons (Fsp3) is 0.962. The smallest absolute Gasteiger partial charge is 0.132 e. The number of Topliss-reactive ketones (excluding diaryl/α,β-unsaturated/α-hetero) is 1. The molecule has 0 aromatic carbocycles. The minimum Gasteiger partial charge on any atom is -0.300 e. The van der Waals surface area contributed by atoms with E-state index in [2.05, 4.69) is 27.7 Å². The number of ketones is 1. The standard InChI is InChI=1S/C26H46O/c1-18(2)9-10-22-12-11-21(20(4)27)7-6-8-25-24(22)14-13-23-17-19(3)15-16-26(23,25)5/h18-19,21-25H,6-17H2,1-5H3. The van der Waals surface area contributed by atoms with Crippen LogP contribution in [-0.2, 0) is 4.79 Å². The lowest BCUT2D eigenvalue weighted by molar-refractivity contribution is -0.121. The van der Waals surface area contributed by atoms with E-state index in [1.54, 1.807) is 0 Å². The molecule has 27 heavy (non-hydrogen) atoms. The number of rotatable bonds is 4. The molecule has 7 atom stereocenters. The fourth-order valence-corrected chi connectivity index (χ4v) is 7.43. The van der Waals surface area contributed by atoms with Gasteiger partial charge in [0.25, 0.3) is 0 Å². The summed E-state index contributed by atoms with van der Waals surface area (Å²) in [5, 5.41) is 0. The zero-order chi connectivity index (χ0) is 19.6. The zero-order valence-electron chi connectivity index (χ0n) is 18.9. The first-order valence-electron chi connectivity index (χ1n) is 12.3. The van der Waals surface area contributed by atoms with Crippen molar-refractivity contribution < 1.29 is 4.79 Å². The Morgan fingerprint density at radius 3 is 2.52 bits per heavy atom. The van der Waals surface area contributed by atoms with Gasteiger partial charge in [0, 0.05) is 5.92 Å². The van der Waals surface area contributed by atoms with Gasteiger partial charge in [0.1, 0.15) is 5.78 Å². The van der Waals surface area contributed by atoms with E-state index in [0.29, 0.717) is 17.1 Å². The van der Waals surface area contributed by atoms with Crippen LogP contribution in [0.3, 0.4) is 0 Å². The Labute approximate surface area is 169 Å². The maximum atomic E-state index is 12.2. The highest BCUT2D eigenvalue weighted by atomic mass is 16.1. The van der Waals surface area contributed by atoms with Crippen molar-refractivity contribution in [1.82, 2.24) is 0 Å². The second-order valence-electron chi connectivity index (χ2n) is 11.5. The molecule has 0 radical (unpaired) electrons. The Bertz CT molecular complexity index is 494. The molecule has 156 valence electrons. The molecule has 0 aromatic heterocycles. The van der Waals surface area contributed by atoms with Gasteiger partial charge in [0.05, 0.1) is 0 Å². The molecule has 0 aromatic rings. The first-order valence-corrected chi connectivity index (χ1v) is 12.3. The molecule has 1 heteroatoms. The summed E-state index contributed by atoms with van der Waals surface area (Å²) in [6.07, 6.45) is 16.5. The summed E-state index contributed by atoms with van der Waals surface area (Å²) in [6, 6.07) is 0. The van der Waals surface area contributed by atoms with Gasteiger partial charge < -0.3 is 0 Å². The Morgan fingerprint density at radius 1 is 1.04 bits per heavy atom. The van der Waals surface area contributed by atoms with Crippen LogP contribution in [0.25, 0.3) is 0 Å². The van der Waals surface area contributed by atoms with Crippen molar-refractivity contribution in [1.29, 1.82) is 0 Å². The van der Waals surface area contributed by atoms with Gasteiger partial charge >= 0.3 is 0 Å². The van der Waals surface area contributed by atoms with Crippen LogP contribution in [0.15, 0.2) is 0 Å². The number of carbonyl (C=O) groups is 1. The fourth-order valence-electron chi connectivity index (χ4n) is 7.43. The quantitative estimate of drug-likeness (QED) is 0.493. The minimum absolute atomic E-state index is 0.349. The predicted octanol–water partition coefficient (Wildman–Crippen LogP) is 7.68. The summed E-state index contributed by atoms with van der Waals surface area (Å²) in [5.74, 6) is 6.25. The molecule has 7 unspecified atom stereocenters. The summed E-state index contributed by atoms with van der Waals surface area (Å²) >= 11 is 0. The first-order chi connectivity index (χ1) is 12.8. The van der Waals surface area contributed by atoms with Crippen molar-refractivity contribution in [2.24, 2.45) is 46.8 Å². The molecule has 3 rings (SSSR count). The molecule has 0 saturated heterocycles. The van der Waals surface area contributed by atoms with E-state index in [1.807, 2.05) is 6.92 Å². The van der Waals surface area contributed by atoms with E-state index in [9.17, 15) is 4.79 Å². The van der Waals surface area contributed by atoms with Crippen molar-refractivity contribution in [2.75, 3.05) is 0 Å². The van der Waals surface area contributed by atoms with Crippen LogP contribution < -0.4 is 0 Å². The second kappa shape index (κ2) is 9.00. The van der Waals surface area contributed by atoms with Crippen molar-refractivity contribution in [3.8, 4) is 0 Å². The lowest BCUT2D eigenvalue weighted by atomic mass is 9.48. The van der Waals surface area contributed by atoms with E-state index in [0.717, 1.165) is 41.9 Å². The van der Waals surface area contributed by atoms with E-state index in [-0.39, 0.29) is 0 Å².